The summed E-state index contributed by atoms with van der Waals surface area (Å²) in [6, 6.07) is 8.64. The van der Waals surface area contributed by atoms with Crippen LogP contribution in [0.1, 0.15) is 10.4 Å². The maximum atomic E-state index is 11.2. The topological polar surface area (TPSA) is 91.7 Å². The predicted octanol–water partition coefficient (Wildman–Crippen LogP) is 1.78. The Kier molecular flexibility index (Phi) is 2.60. The predicted molar refractivity (Wildman–Crippen MR) is 60.7 cm³/mol. The highest BCUT2D eigenvalue weighted by molar-refractivity contribution is 7.86. The van der Waals surface area contributed by atoms with Gasteiger partial charge in [0.25, 0.3) is 10.1 Å². The first-order chi connectivity index (χ1) is 7.89. The maximum absolute atomic E-state index is 11.2. The molecule has 5 nitrogen and oxygen atoms in total. The highest BCUT2D eigenvalue weighted by Gasteiger charge is 2.17. The molecule has 0 heterocycles. The lowest BCUT2D eigenvalue weighted by molar-refractivity contribution is 0.0697. The molecule has 0 aliphatic rings. The second-order valence-electron chi connectivity index (χ2n) is 3.48. The lowest BCUT2D eigenvalue weighted by Crippen LogP contribution is -2.03. The largest absolute Gasteiger partial charge is 0.478 e. The zero-order valence-corrected chi connectivity index (χ0v) is 9.31. The molecule has 2 aromatic rings. The zero-order valence-electron chi connectivity index (χ0n) is 8.49. The van der Waals surface area contributed by atoms with E-state index >= 15 is 0 Å². The van der Waals surface area contributed by atoms with Crippen LogP contribution in [0.2, 0.25) is 0 Å². The van der Waals surface area contributed by atoms with Gasteiger partial charge in [0.1, 0.15) is 4.90 Å². The van der Waals surface area contributed by atoms with Gasteiger partial charge in [0, 0.05) is 5.39 Å². The molecule has 2 rings (SSSR count). The van der Waals surface area contributed by atoms with Gasteiger partial charge in [0.15, 0.2) is 0 Å². The van der Waals surface area contributed by atoms with E-state index in [1.54, 1.807) is 18.2 Å². The molecule has 0 aliphatic heterocycles. The standard InChI is InChI=1S/C11H8O5S/c12-11(13)8-5-7-3-1-2-4-9(7)10(6-8)17(14,15)16/h1-6H,(H,12,13)(H,14,15,16). The third-order valence-corrected chi connectivity index (χ3v) is 3.24. The number of rotatable bonds is 2. The first kappa shape index (κ1) is 11.6. The molecule has 0 fully saturated rings. The molecule has 0 bridgehead atoms. The van der Waals surface area contributed by atoms with Crippen LogP contribution in [0.15, 0.2) is 41.3 Å². The van der Waals surface area contributed by atoms with Crippen LogP contribution < -0.4 is 0 Å². The van der Waals surface area contributed by atoms with Crippen LogP contribution in [0.4, 0.5) is 0 Å². The number of aromatic carboxylic acids is 1. The van der Waals surface area contributed by atoms with Crippen molar-refractivity contribution < 1.29 is 22.9 Å². The van der Waals surface area contributed by atoms with Crippen LogP contribution in [0.3, 0.4) is 0 Å². The van der Waals surface area contributed by atoms with Gasteiger partial charge in [-0.2, -0.15) is 8.42 Å². The van der Waals surface area contributed by atoms with Gasteiger partial charge in [-0.25, -0.2) is 4.79 Å². The summed E-state index contributed by atoms with van der Waals surface area (Å²) in [6.45, 7) is 0. The summed E-state index contributed by atoms with van der Waals surface area (Å²) in [7, 11) is -4.45. The van der Waals surface area contributed by atoms with Crippen molar-refractivity contribution in [3.8, 4) is 0 Å². The fourth-order valence-corrected chi connectivity index (χ4v) is 2.35. The smallest absolute Gasteiger partial charge is 0.335 e. The van der Waals surface area contributed by atoms with Crippen molar-refractivity contribution in [2.75, 3.05) is 0 Å². The summed E-state index contributed by atoms with van der Waals surface area (Å²) in [6.07, 6.45) is 0. The SMILES string of the molecule is O=C(O)c1cc(S(=O)(=O)O)c2ccccc2c1. The average Bonchev–Trinajstić information content (AvgIpc) is 2.26. The molecule has 0 aliphatic carbocycles. The first-order valence-electron chi connectivity index (χ1n) is 4.63. The quantitative estimate of drug-likeness (QED) is 0.795. The Morgan fingerprint density at radius 1 is 1.12 bits per heavy atom. The number of fused-ring (bicyclic) bond motifs is 1. The van der Waals surface area contributed by atoms with Crippen molar-refractivity contribution in [3.63, 3.8) is 0 Å². The lowest BCUT2D eigenvalue weighted by Gasteiger charge is -2.05. The van der Waals surface area contributed by atoms with Gasteiger partial charge in [0.05, 0.1) is 5.56 Å². The van der Waals surface area contributed by atoms with E-state index in [0.717, 1.165) is 6.07 Å². The van der Waals surface area contributed by atoms with Crippen molar-refractivity contribution in [2.45, 2.75) is 4.90 Å². The molecule has 0 saturated heterocycles. The summed E-state index contributed by atoms with van der Waals surface area (Å²) >= 11 is 0. The Morgan fingerprint density at radius 2 is 1.76 bits per heavy atom. The molecule has 17 heavy (non-hydrogen) atoms. The van der Waals surface area contributed by atoms with Crippen LogP contribution in [0.25, 0.3) is 10.8 Å². The normalized spacial score (nSPS) is 11.6. The van der Waals surface area contributed by atoms with Crippen molar-refractivity contribution in [2.24, 2.45) is 0 Å². The van der Waals surface area contributed by atoms with Gasteiger partial charge in [-0.05, 0) is 17.5 Å². The first-order valence-corrected chi connectivity index (χ1v) is 6.07. The lowest BCUT2D eigenvalue weighted by atomic mass is 10.1. The van der Waals surface area contributed by atoms with E-state index in [2.05, 4.69) is 0 Å². The van der Waals surface area contributed by atoms with E-state index in [0.29, 0.717) is 10.8 Å². The zero-order chi connectivity index (χ0) is 12.6. The number of carboxylic acid groups (broad SMARTS) is 1. The van der Waals surface area contributed by atoms with E-state index in [4.69, 9.17) is 9.66 Å². The van der Waals surface area contributed by atoms with Gasteiger partial charge in [-0.15, -0.1) is 0 Å². The van der Waals surface area contributed by atoms with Gasteiger partial charge in [0.2, 0.25) is 0 Å². The summed E-state index contributed by atoms with van der Waals surface area (Å²) in [5, 5.41) is 9.59. The molecular weight excluding hydrogens is 244 g/mol. The molecule has 0 atom stereocenters. The molecule has 88 valence electrons. The molecule has 0 amide bonds. The minimum atomic E-state index is -4.45. The molecule has 0 unspecified atom stereocenters. The molecular formula is C11H8O5S. The number of carbonyl (C=O) groups is 1. The number of carboxylic acids is 1. The highest BCUT2D eigenvalue weighted by Crippen LogP contribution is 2.24. The van der Waals surface area contributed by atoms with Crippen LogP contribution >= 0.6 is 0 Å². The second-order valence-corrected chi connectivity index (χ2v) is 4.87. The van der Waals surface area contributed by atoms with E-state index in [-0.39, 0.29) is 5.56 Å². The summed E-state index contributed by atoms with van der Waals surface area (Å²) < 4.78 is 31.4. The molecule has 6 heteroatoms. The minimum absolute atomic E-state index is 0.184. The third-order valence-electron chi connectivity index (χ3n) is 2.35. The average molecular weight is 252 g/mol. The van der Waals surface area contributed by atoms with Crippen LogP contribution in [0.5, 0.6) is 0 Å². The van der Waals surface area contributed by atoms with Crippen molar-refractivity contribution in [1.29, 1.82) is 0 Å². The van der Waals surface area contributed by atoms with Gasteiger partial charge >= 0.3 is 5.97 Å². The number of hydrogen-bond acceptors (Lipinski definition) is 3. The number of benzene rings is 2. The fraction of sp³-hybridized carbons (Fsp3) is 0. The van der Waals surface area contributed by atoms with E-state index in [9.17, 15) is 13.2 Å². The minimum Gasteiger partial charge on any atom is -0.478 e. The van der Waals surface area contributed by atoms with Crippen molar-refractivity contribution in [3.05, 3.63) is 42.0 Å². The molecule has 2 aromatic carbocycles. The van der Waals surface area contributed by atoms with E-state index < -0.39 is 21.0 Å². The molecule has 0 spiro atoms. The Morgan fingerprint density at radius 3 is 2.35 bits per heavy atom. The molecule has 2 N–H and O–H groups in total. The highest BCUT2D eigenvalue weighted by atomic mass is 32.2. The van der Waals surface area contributed by atoms with Crippen molar-refractivity contribution >= 4 is 26.9 Å². The van der Waals surface area contributed by atoms with Gasteiger partial charge in [-0.1, -0.05) is 24.3 Å². The Balaban J connectivity index is 2.93. The van der Waals surface area contributed by atoms with E-state index in [1.165, 1.54) is 12.1 Å². The third kappa shape index (κ3) is 2.13. The van der Waals surface area contributed by atoms with E-state index in [1.807, 2.05) is 0 Å². The van der Waals surface area contributed by atoms with Crippen LogP contribution in [-0.4, -0.2) is 24.0 Å². The Hall–Kier alpha value is -1.92. The Labute approximate surface area is 97.1 Å². The van der Waals surface area contributed by atoms with Gasteiger partial charge in [-0.3, -0.25) is 4.55 Å². The molecule has 0 saturated carbocycles. The number of hydrogen-bond donors (Lipinski definition) is 2. The molecule has 0 radical (unpaired) electrons. The molecule has 0 aromatic heterocycles. The van der Waals surface area contributed by atoms with Crippen molar-refractivity contribution in [1.82, 2.24) is 0 Å². The summed E-state index contributed by atoms with van der Waals surface area (Å²) in [5.41, 5.74) is -0.184. The summed E-state index contributed by atoms with van der Waals surface area (Å²) in [5.74, 6) is -1.25. The monoisotopic (exact) mass is 252 g/mol. The Bertz CT molecular complexity index is 703. The summed E-state index contributed by atoms with van der Waals surface area (Å²) in [4.78, 5) is 10.5. The van der Waals surface area contributed by atoms with Crippen LogP contribution in [-0.2, 0) is 10.1 Å². The fourth-order valence-electron chi connectivity index (χ4n) is 1.61. The van der Waals surface area contributed by atoms with Gasteiger partial charge < -0.3 is 5.11 Å². The maximum Gasteiger partial charge on any atom is 0.335 e. The second kappa shape index (κ2) is 3.83. The van der Waals surface area contributed by atoms with Crippen LogP contribution in [0, 0.1) is 0 Å².